The highest BCUT2D eigenvalue weighted by atomic mass is 19.4. The van der Waals surface area contributed by atoms with Crippen molar-refractivity contribution in [1.29, 1.82) is 0 Å². The number of hydrogen-bond donors (Lipinski definition) is 0. The van der Waals surface area contributed by atoms with Gasteiger partial charge in [-0.3, -0.25) is 4.79 Å². The Hall–Kier alpha value is -2.52. The zero-order valence-electron chi connectivity index (χ0n) is 16.5. The second kappa shape index (κ2) is 6.50. The molecule has 158 valence electrons. The van der Waals surface area contributed by atoms with Crippen LogP contribution in [0.2, 0.25) is 0 Å². The molecule has 1 aliphatic carbocycles. The molecule has 2 aliphatic heterocycles. The first kappa shape index (κ1) is 19.8. The first-order valence-electron chi connectivity index (χ1n) is 9.60. The van der Waals surface area contributed by atoms with Crippen molar-refractivity contribution in [2.45, 2.75) is 57.5 Å². The van der Waals surface area contributed by atoms with Gasteiger partial charge in [0.15, 0.2) is 5.82 Å². The molecule has 0 N–H and O–H groups in total. The molecule has 0 spiro atoms. The molecule has 0 aromatic carbocycles. The number of carbonyl (C=O) groups excluding carboxylic acids is 2. The summed E-state index contributed by atoms with van der Waals surface area (Å²) in [6.45, 7) is 5.99. The minimum atomic E-state index is -4.54. The first-order valence-corrected chi connectivity index (χ1v) is 9.60. The second-order valence-corrected chi connectivity index (χ2v) is 8.64. The lowest BCUT2D eigenvalue weighted by atomic mass is 10.0. The van der Waals surface area contributed by atoms with Crippen molar-refractivity contribution in [2.24, 2.45) is 0 Å². The Bertz CT molecular complexity index is 848. The predicted molar refractivity (Wildman–Crippen MR) is 98.7 cm³/mol. The maximum atomic E-state index is 13.2. The summed E-state index contributed by atoms with van der Waals surface area (Å²) in [7, 11) is 0. The number of pyridine rings is 1. The highest BCUT2D eigenvalue weighted by molar-refractivity contribution is 6.06. The van der Waals surface area contributed by atoms with Crippen LogP contribution in [0.5, 0.6) is 0 Å². The minimum absolute atomic E-state index is 0.110. The van der Waals surface area contributed by atoms with Crippen LogP contribution in [-0.4, -0.2) is 59.2 Å². The molecule has 1 unspecified atom stereocenters. The van der Waals surface area contributed by atoms with Gasteiger partial charge in [-0.2, -0.15) is 13.2 Å². The van der Waals surface area contributed by atoms with Gasteiger partial charge < -0.3 is 19.4 Å². The van der Waals surface area contributed by atoms with Gasteiger partial charge in [0.1, 0.15) is 11.6 Å². The molecule has 2 amide bonds. The van der Waals surface area contributed by atoms with Crippen LogP contribution in [0.1, 0.15) is 39.2 Å². The van der Waals surface area contributed by atoms with Crippen molar-refractivity contribution in [3.8, 4) is 0 Å². The van der Waals surface area contributed by atoms with E-state index in [2.05, 4.69) is 4.98 Å². The fraction of sp³-hybridized carbons (Fsp3) is 0.632. The monoisotopic (exact) mass is 412 g/mol. The molecule has 1 aromatic rings. The smallest absolute Gasteiger partial charge is 0.417 e. The van der Waals surface area contributed by atoms with Crippen molar-refractivity contribution >= 4 is 23.5 Å². The zero-order valence-corrected chi connectivity index (χ0v) is 16.5. The lowest BCUT2D eigenvalue weighted by Gasteiger charge is -2.47. The van der Waals surface area contributed by atoms with Crippen molar-refractivity contribution in [3.63, 3.8) is 0 Å². The molecule has 10 heteroatoms. The normalized spacial score (nSPS) is 22.3. The van der Waals surface area contributed by atoms with Gasteiger partial charge in [0.25, 0.3) is 5.91 Å². The molecule has 0 bridgehead atoms. The van der Waals surface area contributed by atoms with Gasteiger partial charge in [0.2, 0.25) is 0 Å². The van der Waals surface area contributed by atoms with E-state index in [9.17, 15) is 22.8 Å². The second-order valence-electron chi connectivity index (χ2n) is 8.64. The first-order chi connectivity index (χ1) is 13.5. The van der Waals surface area contributed by atoms with Gasteiger partial charge in [0, 0.05) is 25.3 Å². The fourth-order valence-corrected chi connectivity index (χ4v) is 3.73. The summed E-state index contributed by atoms with van der Waals surface area (Å²) in [6, 6.07) is 0.203. The highest BCUT2D eigenvalue weighted by Crippen LogP contribution is 2.44. The van der Waals surface area contributed by atoms with Crippen LogP contribution >= 0.6 is 0 Å². The van der Waals surface area contributed by atoms with E-state index in [0.29, 0.717) is 18.9 Å². The molecule has 1 atom stereocenters. The van der Waals surface area contributed by atoms with E-state index in [-0.39, 0.29) is 24.2 Å². The number of nitrogens with zero attached hydrogens (tertiary/aromatic N) is 4. The number of alkyl halides is 3. The number of aromatic nitrogens is 1. The number of hydrogen-bond acceptors (Lipinski definition) is 5. The molecule has 1 saturated heterocycles. The minimum Gasteiger partial charge on any atom is -0.444 e. The van der Waals surface area contributed by atoms with Gasteiger partial charge in [-0.15, -0.1) is 0 Å². The van der Waals surface area contributed by atoms with E-state index in [0.717, 1.165) is 25.1 Å². The Morgan fingerprint density at radius 1 is 1.21 bits per heavy atom. The van der Waals surface area contributed by atoms with Crippen LogP contribution in [-0.2, 0) is 15.7 Å². The number of ether oxygens (including phenoxy) is 1. The van der Waals surface area contributed by atoms with Crippen LogP contribution in [0.4, 0.5) is 29.5 Å². The van der Waals surface area contributed by atoms with Crippen LogP contribution < -0.4 is 9.80 Å². The number of rotatable bonds is 1. The number of halogens is 3. The number of fused-ring (bicyclic) bond motifs is 3. The zero-order chi connectivity index (χ0) is 21.1. The molecule has 1 aromatic heterocycles. The third kappa shape index (κ3) is 3.72. The van der Waals surface area contributed by atoms with Crippen LogP contribution in [0, 0.1) is 0 Å². The van der Waals surface area contributed by atoms with Crippen molar-refractivity contribution in [3.05, 3.63) is 17.8 Å². The Morgan fingerprint density at radius 2 is 1.90 bits per heavy atom. The van der Waals surface area contributed by atoms with Crippen molar-refractivity contribution in [1.82, 2.24) is 9.88 Å². The summed E-state index contributed by atoms with van der Waals surface area (Å²) in [5.74, 6) is 0.0627. The summed E-state index contributed by atoms with van der Waals surface area (Å²) in [4.78, 5) is 34.4. The molecular formula is C19H23F3N4O3. The number of amides is 2. The average molecular weight is 412 g/mol. The summed E-state index contributed by atoms with van der Waals surface area (Å²) in [5.41, 5.74) is -1.33. The van der Waals surface area contributed by atoms with Gasteiger partial charge in [-0.25, -0.2) is 9.78 Å². The lowest BCUT2D eigenvalue weighted by Crippen LogP contribution is -2.64. The molecule has 29 heavy (non-hydrogen) atoms. The molecule has 2 fully saturated rings. The average Bonchev–Trinajstić information content (AvgIpc) is 3.44. The maximum absolute atomic E-state index is 13.2. The van der Waals surface area contributed by atoms with E-state index >= 15 is 0 Å². The van der Waals surface area contributed by atoms with Gasteiger partial charge >= 0.3 is 12.3 Å². The third-order valence-corrected chi connectivity index (χ3v) is 5.17. The van der Waals surface area contributed by atoms with E-state index in [1.165, 1.54) is 9.80 Å². The van der Waals surface area contributed by atoms with Gasteiger partial charge in [0.05, 0.1) is 17.8 Å². The van der Waals surface area contributed by atoms with Gasteiger partial charge in [-0.05, 0) is 39.7 Å². The van der Waals surface area contributed by atoms with E-state index in [1.807, 2.05) is 0 Å². The Morgan fingerprint density at radius 3 is 2.48 bits per heavy atom. The summed E-state index contributed by atoms with van der Waals surface area (Å²) < 4.78 is 45.0. The number of piperazine rings is 1. The molecule has 4 rings (SSSR count). The number of anilines is 2. The van der Waals surface area contributed by atoms with Crippen LogP contribution in [0.25, 0.3) is 0 Å². The predicted octanol–water partition coefficient (Wildman–Crippen LogP) is 3.04. The third-order valence-electron chi connectivity index (χ3n) is 5.17. The molecule has 0 radical (unpaired) electrons. The summed E-state index contributed by atoms with van der Waals surface area (Å²) in [5, 5.41) is 0. The quantitative estimate of drug-likeness (QED) is 0.710. The molecule has 3 aliphatic rings. The number of carbonyl (C=O) groups is 2. The Kier molecular flexibility index (Phi) is 4.43. The van der Waals surface area contributed by atoms with Gasteiger partial charge in [-0.1, -0.05) is 0 Å². The molecular weight excluding hydrogens is 389 g/mol. The maximum Gasteiger partial charge on any atom is 0.417 e. The fourth-order valence-electron chi connectivity index (χ4n) is 3.73. The van der Waals surface area contributed by atoms with E-state index < -0.39 is 29.5 Å². The molecule has 1 saturated carbocycles. The van der Waals surface area contributed by atoms with Crippen LogP contribution in [0.3, 0.4) is 0 Å². The SMILES string of the molecule is CC(C)(C)OC(=O)N1CCN2c3ncc(C(F)(F)F)cc3N(C3CC3)C(=O)C2C1. The van der Waals surface area contributed by atoms with Crippen molar-refractivity contribution in [2.75, 3.05) is 29.4 Å². The highest BCUT2D eigenvalue weighted by Gasteiger charge is 2.48. The molecule has 3 heterocycles. The van der Waals surface area contributed by atoms with Crippen molar-refractivity contribution < 1.29 is 27.5 Å². The molecule has 7 nitrogen and oxygen atoms in total. The largest absolute Gasteiger partial charge is 0.444 e. The van der Waals surface area contributed by atoms with E-state index in [4.69, 9.17) is 4.74 Å². The Balaban J connectivity index is 1.65. The standard InChI is InChI=1S/C19H23F3N4O3/c1-18(2,3)29-17(28)24-6-7-25-14(10-24)16(27)26(12-4-5-12)13-8-11(19(20,21)22)9-23-15(13)25/h8-9,12,14H,4-7,10H2,1-3H3. The summed E-state index contributed by atoms with van der Waals surface area (Å²) in [6.07, 6.45) is -2.76. The van der Waals surface area contributed by atoms with Crippen LogP contribution in [0.15, 0.2) is 12.3 Å². The lowest BCUT2D eigenvalue weighted by molar-refractivity contribution is -0.138. The topological polar surface area (TPSA) is 66.0 Å². The Labute approximate surface area is 166 Å². The summed E-state index contributed by atoms with van der Waals surface area (Å²) >= 11 is 0. The van der Waals surface area contributed by atoms with E-state index in [1.54, 1.807) is 25.7 Å².